The zero-order chi connectivity index (χ0) is 42.6. The number of carbonyl (C=O) groups excluding carboxylic acids is 2. The molecular formula is C45H57FN8O5S. The molecule has 60 heavy (non-hydrogen) atoms. The third-order valence-corrected chi connectivity index (χ3v) is 11.7. The molecule has 13 nitrogen and oxygen atoms in total. The lowest BCUT2D eigenvalue weighted by Gasteiger charge is -2.34. The normalized spacial score (nSPS) is 15.7. The van der Waals surface area contributed by atoms with Crippen LogP contribution in [0.5, 0.6) is 11.5 Å². The number of piperazine rings is 1. The van der Waals surface area contributed by atoms with E-state index in [4.69, 9.17) is 20.3 Å². The van der Waals surface area contributed by atoms with Gasteiger partial charge in [0.25, 0.3) is 5.91 Å². The van der Waals surface area contributed by atoms with Crippen molar-refractivity contribution in [2.45, 2.75) is 44.6 Å². The molecule has 0 radical (unpaired) electrons. The molecule has 3 aromatic carbocycles. The minimum atomic E-state index is -0.254. The first kappa shape index (κ1) is 44.2. The first-order valence-corrected chi connectivity index (χ1v) is 21.3. The van der Waals surface area contributed by atoms with Gasteiger partial charge in [-0.3, -0.25) is 14.3 Å². The van der Waals surface area contributed by atoms with Crippen molar-refractivity contribution in [3.63, 3.8) is 0 Å². The van der Waals surface area contributed by atoms with Gasteiger partial charge in [0.05, 0.1) is 23.1 Å². The fourth-order valence-corrected chi connectivity index (χ4v) is 8.00. The first-order valence-electron chi connectivity index (χ1n) is 20.5. The average Bonchev–Trinajstić information content (AvgIpc) is 3.74. The van der Waals surface area contributed by atoms with Gasteiger partial charge in [0.1, 0.15) is 23.0 Å². The summed E-state index contributed by atoms with van der Waals surface area (Å²) >= 11 is 1.23. The maximum atomic E-state index is 13.5. The number of amides is 2. The highest BCUT2D eigenvalue weighted by atomic mass is 32.2. The molecular weight excluding hydrogens is 784 g/mol. The molecule has 2 aromatic heterocycles. The van der Waals surface area contributed by atoms with Crippen LogP contribution in [0.2, 0.25) is 0 Å². The van der Waals surface area contributed by atoms with Crippen molar-refractivity contribution in [1.29, 1.82) is 0 Å². The van der Waals surface area contributed by atoms with Gasteiger partial charge in [-0.05, 0) is 110 Å². The number of hydrogen-bond acceptors (Lipinski definition) is 11. The van der Waals surface area contributed by atoms with Crippen LogP contribution in [-0.2, 0) is 22.5 Å². The number of hydrogen-bond donors (Lipinski definition) is 5. The molecule has 0 atom stereocenters. The van der Waals surface area contributed by atoms with Crippen LogP contribution in [-0.4, -0.2) is 103 Å². The quantitative estimate of drug-likeness (QED) is 0.0732. The van der Waals surface area contributed by atoms with Gasteiger partial charge in [-0.25, -0.2) is 9.37 Å². The monoisotopic (exact) mass is 840 g/mol. The number of nitrogens with two attached hydrogens (primary N) is 1. The molecule has 0 spiro atoms. The van der Waals surface area contributed by atoms with E-state index in [0.717, 1.165) is 117 Å². The van der Waals surface area contributed by atoms with Gasteiger partial charge in [-0.15, -0.1) is 0 Å². The van der Waals surface area contributed by atoms with Crippen LogP contribution in [0.25, 0.3) is 11.0 Å². The Morgan fingerprint density at radius 1 is 1.00 bits per heavy atom. The van der Waals surface area contributed by atoms with Gasteiger partial charge in [-0.1, -0.05) is 19.9 Å². The highest BCUT2D eigenvalue weighted by Crippen LogP contribution is 2.33. The fraction of sp³-hybridized carbons (Fsp3) is 0.400. The van der Waals surface area contributed by atoms with Crippen molar-refractivity contribution in [2.75, 3.05) is 82.6 Å². The predicted octanol–water partition coefficient (Wildman–Crippen LogP) is 6.94. The first-order chi connectivity index (χ1) is 29.1. The number of nitrogens with zero attached hydrogens (tertiary/aromatic N) is 4. The number of carbonyl (C=O) groups is 2. The van der Waals surface area contributed by atoms with E-state index < -0.39 is 0 Å². The minimum Gasteiger partial charge on any atom is -0.455 e. The number of likely N-dealkylation sites (N-methyl/N-ethyl adjacent to an activating group) is 1. The molecule has 3 aliphatic heterocycles. The maximum absolute atomic E-state index is 13.5. The molecule has 8 rings (SSSR count). The Kier molecular flexibility index (Phi) is 15.7. The third-order valence-electron chi connectivity index (χ3n) is 10.9. The zero-order valence-corrected chi connectivity index (χ0v) is 35.7. The molecule has 0 unspecified atom stereocenters. The van der Waals surface area contributed by atoms with E-state index in [1.54, 1.807) is 6.20 Å². The lowest BCUT2D eigenvalue weighted by Crippen LogP contribution is -2.44. The number of anilines is 3. The second-order valence-electron chi connectivity index (χ2n) is 15.5. The van der Waals surface area contributed by atoms with Gasteiger partial charge in [0, 0.05) is 100 Å². The van der Waals surface area contributed by atoms with Crippen molar-refractivity contribution in [1.82, 2.24) is 24.5 Å². The van der Waals surface area contributed by atoms with Crippen molar-refractivity contribution >= 4 is 51.9 Å². The molecule has 6 N–H and O–H groups in total. The predicted molar refractivity (Wildman–Crippen MR) is 237 cm³/mol. The van der Waals surface area contributed by atoms with Gasteiger partial charge in [0.2, 0.25) is 5.91 Å². The summed E-state index contributed by atoms with van der Waals surface area (Å²) in [7, 11) is 3.13. The highest BCUT2D eigenvalue weighted by Gasteiger charge is 2.23. The standard InChI is InChI=1S/C31H37N7O3S.C13H16FNO.CH4O/c1-37-10-12-38(13-11-37)23-2-4-26(29(17-23)41-24-16-22-6-9-33-30(22)35-20-24)31(39)36-42-25-3-5-28(27(32)18-25)34-19-21-7-14-40-15-8-21;1-9(2)13(16)15-6-5-10-3-4-12(14)7-11(10)8-15;1-2/h2-6,9,16-18,20-21,34H,7-8,10-15,19,32H2,1H3,(H,33,35)(H,36,39);3-4,7,9H,5-6,8H2,1-2H3;2H,1H3. The molecule has 2 saturated heterocycles. The summed E-state index contributed by atoms with van der Waals surface area (Å²) in [5.74, 6) is 1.31. The van der Waals surface area contributed by atoms with Crippen LogP contribution in [0.15, 0.2) is 84.0 Å². The smallest absolute Gasteiger partial charge is 0.265 e. The van der Waals surface area contributed by atoms with Crippen LogP contribution in [0.1, 0.15) is 48.2 Å². The van der Waals surface area contributed by atoms with E-state index >= 15 is 0 Å². The largest absolute Gasteiger partial charge is 0.455 e. The van der Waals surface area contributed by atoms with Crippen molar-refractivity contribution in [3.05, 3.63) is 102 Å². The van der Waals surface area contributed by atoms with Crippen molar-refractivity contribution < 1.29 is 28.6 Å². The Bertz CT molecular complexity index is 2210. The molecule has 5 heterocycles. The molecule has 0 aliphatic carbocycles. The lowest BCUT2D eigenvalue weighted by atomic mass is 9.98. The molecule has 2 fully saturated rings. The lowest BCUT2D eigenvalue weighted by molar-refractivity contribution is -0.135. The van der Waals surface area contributed by atoms with Gasteiger partial charge in [0.15, 0.2) is 0 Å². The molecule has 0 bridgehead atoms. The summed E-state index contributed by atoms with van der Waals surface area (Å²) < 4.78 is 27.8. The number of pyridine rings is 1. The number of benzene rings is 3. The van der Waals surface area contributed by atoms with E-state index in [0.29, 0.717) is 35.2 Å². The fourth-order valence-electron chi connectivity index (χ4n) is 7.36. The topological polar surface area (TPSA) is 161 Å². The van der Waals surface area contributed by atoms with E-state index in [1.807, 2.05) is 79.5 Å². The van der Waals surface area contributed by atoms with E-state index in [1.165, 1.54) is 24.1 Å². The summed E-state index contributed by atoms with van der Waals surface area (Å²) in [6.07, 6.45) is 6.46. The number of halogens is 1. The second-order valence-corrected chi connectivity index (χ2v) is 16.3. The Labute approximate surface area is 355 Å². The number of aliphatic hydroxyl groups excluding tert-OH is 1. The number of fused-ring (bicyclic) bond motifs is 2. The number of aromatic amines is 1. The summed E-state index contributed by atoms with van der Waals surface area (Å²) in [6, 6.07) is 20.3. The van der Waals surface area contributed by atoms with Crippen LogP contribution < -0.4 is 25.4 Å². The Balaban J connectivity index is 0.000000280. The van der Waals surface area contributed by atoms with Crippen LogP contribution >= 0.6 is 11.9 Å². The SMILES string of the molecule is CC(C)C(=O)N1CCc2ccc(F)cc2C1.CN1CCN(c2ccc(C(=O)NSc3ccc(NCC4CCOCC4)c(N)c3)c(Oc3cnc4[nH]ccc4c3)c2)CC1.CO. The zero-order valence-electron chi connectivity index (χ0n) is 34.9. The number of H-pyrrole nitrogens is 1. The van der Waals surface area contributed by atoms with Crippen LogP contribution in [0.4, 0.5) is 21.5 Å². The molecule has 2 amide bonds. The Morgan fingerprint density at radius 3 is 2.53 bits per heavy atom. The van der Waals surface area contributed by atoms with Crippen LogP contribution in [0, 0.1) is 17.7 Å². The van der Waals surface area contributed by atoms with Crippen LogP contribution in [0.3, 0.4) is 0 Å². The van der Waals surface area contributed by atoms with Gasteiger partial charge >= 0.3 is 0 Å². The summed E-state index contributed by atoms with van der Waals surface area (Å²) in [5, 5.41) is 11.4. The maximum Gasteiger partial charge on any atom is 0.265 e. The number of rotatable bonds is 10. The second kappa shape index (κ2) is 21.3. The summed E-state index contributed by atoms with van der Waals surface area (Å²) in [5.41, 5.74) is 12.2. The Morgan fingerprint density at radius 2 is 1.78 bits per heavy atom. The number of nitrogen functional groups attached to an aromatic ring is 1. The number of aromatic nitrogens is 2. The van der Waals surface area contributed by atoms with E-state index in [9.17, 15) is 14.0 Å². The summed E-state index contributed by atoms with van der Waals surface area (Å²) in [6.45, 7) is 11.4. The van der Waals surface area contributed by atoms with Crippen molar-refractivity contribution in [3.8, 4) is 11.5 Å². The minimum absolute atomic E-state index is 0.00936. The molecule has 15 heteroatoms. The third kappa shape index (κ3) is 11.7. The number of aliphatic hydroxyl groups is 1. The van der Waals surface area contributed by atoms with Crippen molar-refractivity contribution in [2.24, 2.45) is 11.8 Å². The molecule has 5 aromatic rings. The molecule has 3 aliphatic rings. The van der Waals surface area contributed by atoms with Gasteiger partial charge < -0.3 is 45.3 Å². The molecule has 320 valence electrons. The Hall–Kier alpha value is -5.35. The number of ether oxygens (including phenoxy) is 2. The van der Waals surface area contributed by atoms with E-state index in [2.05, 4.69) is 36.9 Å². The number of nitrogens with one attached hydrogen (secondary N) is 3. The highest BCUT2D eigenvalue weighted by molar-refractivity contribution is 7.98. The van der Waals surface area contributed by atoms with Gasteiger partial charge in [-0.2, -0.15) is 0 Å². The average molecular weight is 841 g/mol. The van der Waals surface area contributed by atoms with E-state index in [-0.39, 0.29) is 23.5 Å². The molecule has 0 saturated carbocycles. The summed E-state index contributed by atoms with van der Waals surface area (Å²) in [4.78, 5) is 40.1.